The van der Waals surface area contributed by atoms with Crippen LogP contribution in [-0.2, 0) is 28.5 Å². The van der Waals surface area contributed by atoms with Crippen LogP contribution < -0.4 is 0 Å². The van der Waals surface area contributed by atoms with Crippen LogP contribution >= 0.6 is 0 Å². The minimum Gasteiger partial charge on any atom is -0.460 e. The second-order valence-electron chi connectivity index (χ2n) is 4.06. The zero-order chi connectivity index (χ0) is 21.4. The number of esters is 2. The number of rotatable bonds is 11. The van der Waals surface area contributed by atoms with Crippen molar-refractivity contribution in [3.63, 3.8) is 0 Å². The second kappa shape index (κ2) is 27.4. The van der Waals surface area contributed by atoms with E-state index in [9.17, 15) is 9.59 Å². The van der Waals surface area contributed by atoms with Gasteiger partial charge in [0.15, 0.2) is 0 Å². The molecule has 150 valence electrons. The van der Waals surface area contributed by atoms with Gasteiger partial charge in [-0.05, 0) is 13.8 Å². The lowest BCUT2D eigenvalue weighted by atomic mass is 10.4. The third-order valence-electron chi connectivity index (χ3n) is 1.99. The lowest BCUT2D eigenvalue weighted by molar-refractivity contribution is -0.142. The van der Waals surface area contributed by atoms with Gasteiger partial charge in [-0.1, -0.05) is 13.2 Å². The summed E-state index contributed by atoms with van der Waals surface area (Å²) in [5.41, 5.74) is 0.718. The molecule has 0 aliphatic heterocycles. The lowest BCUT2D eigenvalue weighted by Crippen LogP contribution is -2.15. The molecule has 0 atom stereocenters. The number of carbonyl (C=O) groups is 2. The SMILES string of the molecule is C=C.C=C.C=C.C=C(C)C(=O)OCCOCCOCCOC(=O)C(=C)C. The van der Waals surface area contributed by atoms with E-state index in [2.05, 4.69) is 52.6 Å². The van der Waals surface area contributed by atoms with Crippen LogP contribution in [0.5, 0.6) is 0 Å². The molecule has 0 aromatic carbocycles. The van der Waals surface area contributed by atoms with Gasteiger partial charge in [0.1, 0.15) is 13.2 Å². The highest BCUT2D eigenvalue weighted by Crippen LogP contribution is 1.92. The summed E-state index contributed by atoms with van der Waals surface area (Å²) in [7, 11) is 0. The molecule has 6 nitrogen and oxygen atoms in total. The Morgan fingerprint density at radius 3 is 1.04 bits per heavy atom. The Kier molecular flexibility index (Phi) is 33.0. The molecule has 0 aromatic rings. The third-order valence-corrected chi connectivity index (χ3v) is 1.99. The van der Waals surface area contributed by atoms with Crippen LogP contribution in [0.1, 0.15) is 13.8 Å². The molecule has 0 N–H and O–H groups in total. The fraction of sp³-hybridized carbons (Fsp3) is 0.400. The summed E-state index contributed by atoms with van der Waals surface area (Å²) in [6.07, 6.45) is 0. The van der Waals surface area contributed by atoms with Crippen molar-refractivity contribution < 1.29 is 28.5 Å². The molecular formula is C20H34O6. The van der Waals surface area contributed by atoms with Crippen molar-refractivity contribution in [1.29, 1.82) is 0 Å². The van der Waals surface area contributed by atoms with Gasteiger partial charge in [-0.15, -0.1) is 39.5 Å². The average Bonchev–Trinajstić information content (AvgIpc) is 2.67. The van der Waals surface area contributed by atoms with E-state index < -0.39 is 11.9 Å². The normalized spacial score (nSPS) is 8.08. The Bertz CT molecular complexity index is 351. The maximum atomic E-state index is 11.0. The fourth-order valence-corrected chi connectivity index (χ4v) is 0.955. The van der Waals surface area contributed by atoms with Gasteiger partial charge in [-0.25, -0.2) is 9.59 Å². The van der Waals surface area contributed by atoms with Crippen molar-refractivity contribution in [1.82, 2.24) is 0 Å². The first-order chi connectivity index (χ1) is 12.4. The van der Waals surface area contributed by atoms with E-state index in [0.29, 0.717) is 37.6 Å². The van der Waals surface area contributed by atoms with Crippen molar-refractivity contribution in [2.45, 2.75) is 13.8 Å². The molecule has 0 bridgehead atoms. The van der Waals surface area contributed by atoms with Crippen molar-refractivity contribution in [2.24, 2.45) is 0 Å². The average molecular weight is 370 g/mol. The second-order valence-corrected chi connectivity index (χ2v) is 4.06. The molecule has 0 radical (unpaired) electrons. The largest absolute Gasteiger partial charge is 0.460 e. The predicted molar refractivity (Wildman–Crippen MR) is 107 cm³/mol. The Labute approximate surface area is 158 Å². The van der Waals surface area contributed by atoms with Gasteiger partial charge in [-0.2, -0.15) is 0 Å². The Hall–Kier alpha value is -2.44. The molecule has 0 unspecified atom stereocenters. The van der Waals surface area contributed by atoms with E-state index in [1.54, 1.807) is 13.8 Å². The number of hydrogen-bond acceptors (Lipinski definition) is 6. The summed E-state index contributed by atoms with van der Waals surface area (Å²) in [6, 6.07) is 0. The maximum Gasteiger partial charge on any atom is 0.333 e. The highest BCUT2D eigenvalue weighted by Gasteiger charge is 2.03. The van der Waals surface area contributed by atoms with Gasteiger partial charge in [0.2, 0.25) is 0 Å². The van der Waals surface area contributed by atoms with E-state index in [0.717, 1.165) is 0 Å². The van der Waals surface area contributed by atoms with Crippen LogP contribution in [0.15, 0.2) is 63.8 Å². The standard InChI is InChI=1S/C14H22O6.3C2H4/c1-11(2)13(15)19-9-7-17-5-6-18-8-10-20-14(16)12(3)4;3*1-2/h1,3,5-10H2,2,4H3;3*1-2H2. The van der Waals surface area contributed by atoms with Crippen molar-refractivity contribution in [3.05, 3.63) is 63.8 Å². The van der Waals surface area contributed by atoms with Gasteiger partial charge in [0.05, 0.1) is 26.4 Å². The first kappa shape index (κ1) is 31.3. The monoisotopic (exact) mass is 370 g/mol. The van der Waals surface area contributed by atoms with Crippen LogP contribution in [0.3, 0.4) is 0 Å². The summed E-state index contributed by atoms with van der Waals surface area (Å²) >= 11 is 0. The first-order valence-corrected chi connectivity index (χ1v) is 7.76. The molecule has 26 heavy (non-hydrogen) atoms. The van der Waals surface area contributed by atoms with Gasteiger partial charge >= 0.3 is 11.9 Å². The van der Waals surface area contributed by atoms with Crippen LogP contribution in [0.4, 0.5) is 0 Å². The summed E-state index contributed by atoms with van der Waals surface area (Å²) in [6.45, 7) is 29.8. The molecule has 0 aliphatic rings. The number of hydrogen-bond donors (Lipinski definition) is 0. The summed E-state index contributed by atoms with van der Waals surface area (Å²) in [4.78, 5) is 22.0. The molecule has 6 heteroatoms. The van der Waals surface area contributed by atoms with Crippen molar-refractivity contribution in [3.8, 4) is 0 Å². The Balaban J connectivity index is -0.000000362. The van der Waals surface area contributed by atoms with E-state index >= 15 is 0 Å². The topological polar surface area (TPSA) is 71.1 Å². The molecule has 0 aromatic heterocycles. The van der Waals surface area contributed by atoms with E-state index in [-0.39, 0.29) is 13.2 Å². The maximum absolute atomic E-state index is 11.0. The van der Waals surface area contributed by atoms with Gasteiger partial charge in [0, 0.05) is 11.1 Å². The summed E-state index contributed by atoms with van der Waals surface area (Å²) < 4.78 is 20.0. The minimum absolute atomic E-state index is 0.182. The van der Waals surface area contributed by atoms with Crippen LogP contribution in [0.25, 0.3) is 0 Å². The molecule has 0 saturated carbocycles. The summed E-state index contributed by atoms with van der Waals surface area (Å²) in [5.74, 6) is -0.853. The summed E-state index contributed by atoms with van der Waals surface area (Å²) in [5, 5.41) is 0. The Morgan fingerprint density at radius 2 is 0.808 bits per heavy atom. The predicted octanol–water partition coefficient (Wildman–Crippen LogP) is 3.66. The zero-order valence-corrected chi connectivity index (χ0v) is 16.3. The quantitative estimate of drug-likeness (QED) is 0.239. The van der Waals surface area contributed by atoms with Crippen molar-refractivity contribution in [2.75, 3.05) is 39.6 Å². The van der Waals surface area contributed by atoms with Gasteiger partial charge < -0.3 is 18.9 Å². The molecule has 0 saturated heterocycles. The van der Waals surface area contributed by atoms with E-state index in [4.69, 9.17) is 18.9 Å². The van der Waals surface area contributed by atoms with Gasteiger partial charge in [-0.3, -0.25) is 0 Å². The lowest BCUT2D eigenvalue weighted by Gasteiger charge is -2.07. The fourth-order valence-electron chi connectivity index (χ4n) is 0.955. The highest BCUT2D eigenvalue weighted by molar-refractivity contribution is 5.87. The van der Waals surface area contributed by atoms with E-state index in [1.165, 1.54) is 0 Å². The Morgan fingerprint density at radius 1 is 0.577 bits per heavy atom. The molecule has 0 amide bonds. The molecule has 0 rings (SSSR count). The van der Waals surface area contributed by atoms with Crippen LogP contribution in [0.2, 0.25) is 0 Å². The third kappa shape index (κ3) is 26.5. The molecule has 0 spiro atoms. The number of carbonyl (C=O) groups excluding carboxylic acids is 2. The highest BCUT2D eigenvalue weighted by atomic mass is 16.6. The first-order valence-electron chi connectivity index (χ1n) is 7.76. The van der Waals surface area contributed by atoms with Gasteiger partial charge in [0.25, 0.3) is 0 Å². The zero-order valence-electron chi connectivity index (χ0n) is 16.3. The molecule has 0 fully saturated rings. The molecular weight excluding hydrogens is 336 g/mol. The van der Waals surface area contributed by atoms with Crippen molar-refractivity contribution >= 4 is 11.9 Å². The minimum atomic E-state index is -0.427. The molecule has 0 heterocycles. The van der Waals surface area contributed by atoms with Crippen LogP contribution in [0, 0.1) is 0 Å². The van der Waals surface area contributed by atoms with Crippen LogP contribution in [-0.4, -0.2) is 51.6 Å². The smallest absolute Gasteiger partial charge is 0.333 e. The molecule has 0 aliphatic carbocycles. The van der Waals surface area contributed by atoms with E-state index in [1.807, 2.05) is 0 Å². The number of ether oxygens (including phenoxy) is 4.